The van der Waals surface area contributed by atoms with Crippen LogP contribution in [0.2, 0.25) is 25.2 Å². The molecule has 0 radical (unpaired) electrons. The molecule has 20 heavy (non-hydrogen) atoms. The van der Waals surface area contributed by atoms with Gasteiger partial charge in [-0.25, -0.2) is 0 Å². The third-order valence-electron chi connectivity index (χ3n) is 6.60. The maximum Gasteiger partial charge on any atom is 0.0520 e. The van der Waals surface area contributed by atoms with Crippen LogP contribution in [0.5, 0.6) is 0 Å². The third-order valence-corrected chi connectivity index (χ3v) is 9.20. The molecule has 3 aliphatic carbocycles. The molecular weight excluding hydrogens is 258 g/mol. The summed E-state index contributed by atoms with van der Waals surface area (Å²) in [4.78, 5) is 0. The maximum atomic E-state index is 5.32. The Labute approximate surface area is 125 Å². The van der Waals surface area contributed by atoms with Crippen LogP contribution >= 0.6 is 0 Å². The minimum absolute atomic E-state index is 0.704. The highest BCUT2D eigenvalue weighted by Gasteiger charge is 2.50. The van der Waals surface area contributed by atoms with Crippen molar-refractivity contribution < 1.29 is 0 Å². The quantitative estimate of drug-likeness (QED) is 0.548. The fourth-order valence-corrected chi connectivity index (χ4v) is 8.99. The number of fused-ring (bicyclic) bond motifs is 4. The zero-order chi connectivity index (χ0) is 13.9. The van der Waals surface area contributed by atoms with Crippen molar-refractivity contribution in [1.82, 2.24) is 0 Å². The average Bonchev–Trinajstić information content (AvgIpc) is 2.92. The SMILES string of the molecule is C[Si](C)(C)C1C2=C([N-]C3CCCCC23)C2CCCCC21. The first-order valence-electron chi connectivity index (χ1n) is 9.02. The predicted molar refractivity (Wildman–Crippen MR) is 88.7 cm³/mol. The number of hydrogen-bond acceptors (Lipinski definition) is 0. The summed E-state index contributed by atoms with van der Waals surface area (Å²) in [5.74, 6) is 2.74. The first-order chi connectivity index (χ1) is 9.57. The topological polar surface area (TPSA) is 14.1 Å². The van der Waals surface area contributed by atoms with Crippen LogP contribution in [0.25, 0.3) is 5.32 Å². The Hall–Kier alpha value is -0.243. The fourth-order valence-electron chi connectivity index (χ4n) is 6.01. The minimum atomic E-state index is -1.11. The minimum Gasteiger partial charge on any atom is -0.684 e. The van der Waals surface area contributed by atoms with E-state index in [1.807, 2.05) is 5.57 Å². The van der Waals surface area contributed by atoms with Crippen molar-refractivity contribution >= 4 is 8.07 Å². The Bertz CT molecular complexity index is 431. The van der Waals surface area contributed by atoms with Crippen LogP contribution in [0.3, 0.4) is 0 Å². The van der Waals surface area contributed by atoms with Crippen molar-refractivity contribution in [3.8, 4) is 0 Å². The highest BCUT2D eigenvalue weighted by atomic mass is 28.3. The standard InChI is InChI=1S/C18H30NSi/c1-20(2,3)18-13-9-5-4-8-12(13)17-16(18)14-10-6-7-11-15(14)19-17/h12-15,18H,4-11H2,1-3H3/q-1. The van der Waals surface area contributed by atoms with Crippen LogP contribution in [-0.2, 0) is 0 Å². The first-order valence-corrected chi connectivity index (χ1v) is 12.6. The summed E-state index contributed by atoms with van der Waals surface area (Å²) in [6.07, 6.45) is 11.6. The molecule has 2 heteroatoms. The number of nitrogens with zero attached hydrogens (tertiary/aromatic N) is 1. The van der Waals surface area contributed by atoms with Gasteiger partial charge < -0.3 is 5.32 Å². The normalized spacial score (nSPS) is 43.9. The molecule has 5 atom stereocenters. The van der Waals surface area contributed by atoms with E-state index in [-0.39, 0.29) is 0 Å². The molecule has 0 spiro atoms. The van der Waals surface area contributed by atoms with E-state index in [9.17, 15) is 0 Å². The molecule has 4 aliphatic rings. The maximum absolute atomic E-state index is 5.32. The molecular formula is C18H30NSi-. The van der Waals surface area contributed by atoms with Gasteiger partial charge in [0.1, 0.15) is 0 Å². The molecule has 112 valence electrons. The Kier molecular flexibility index (Phi) is 3.10. The molecule has 0 aromatic rings. The van der Waals surface area contributed by atoms with Gasteiger partial charge in [0.05, 0.1) is 8.07 Å². The monoisotopic (exact) mass is 288 g/mol. The van der Waals surface area contributed by atoms with E-state index in [0.717, 1.165) is 23.3 Å². The lowest BCUT2D eigenvalue weighted by Crippen LogP contribution is -2.38. The summed E-state index contributed by atoms with van der Waals surface area (Å²) in [6, 6.07) is 0.704. The van der Waals surface area contributed by atoms with Gasteiger partial charge in [0.15, 0.2) is 0 Å². The van der Waals surface area contributed by atoms with Crippen LogP contribution < -0.4 is 0 Å². The molecule has 5 unspecified atom stereocenters. The second kappa shape index (κ2) is 4.63. The van der Waals surface area contributed by atoms with Crippen molar-refractivity contribution in [2.45, 2.75) is 82.6 Å². The Balaban J connectivity index is 1.73. The highest BCUT2D eigenvalue weighted by molar-refractivity contribution is 6.78. The van der Waals surface area contributed by atoms with Crippen LogP contribution in [0, 0.1) is 17.8 Å². The molecule has 0 N–H and O–H groups in total. The van der Waals surface area contributed by atoms with Crippen molar-refractivity contribution in [3.05, 3.63) is 16.6 Å². The lowest BCUT2D eigenvalue weighted by Gasteiger charge is -2.46. The predicted octanol–water partition coefficient (Wildman–Crippen LogP) is 5.72. The van der Waals surface area contributed by atoms with Gasteiger partial charge in [0.25, 0.3) is 0 Å². The van der Waals surface area contributed by atoms with Gasteiger partial charge in [0, 0.05) is 0 Å². The molecule has 1 aliphatic heterocycles. The van der Waals surface area contributed by atoms with Gasteiger partial charge in [-0.2, -0.15) is 5.70 Å². The largest absolute Gasteiger partial charge is 0.684 e. The smallest absolute Gasteiger partial charge is 0.0520 e. The van der Waals surface area contributed by atoms with Crippen molar-refractivity contribution in [3.63, 3.8) is 0 Å². The first kappa shape index (κ1) is 13.4. The lowest BCUT2D eigenvalue weighted by atomic mass is 9.77. The summed E-state index contributed by atoms with van der Waals surface area (Å²) in [6.45, 7) is 7.86. The lowest BCUT2D eigenvalue weighted by molar-refractivity contribution is 0.276. The zero-order valence-corrected chi connectivity index (χ0v) is 14.5. The van der Waals surface area contributed by atoms with Crippen molar-refractivity contribution in [2.75, 3.05) is 0 Å². The average molecular weight is 289 g/mol. The van der Waals surface area contributed by atoms with E-state index >= 15 is 0 Å². The molecule has 2 saturated carbocycles. The summed E-state index contributed by atoms with van der Waals surface area (Å²) < 4.78 is 0. The van der Waals surface area contributed by atoms with Crippen LogP contribution in [0.1, 0.15) is 51.4 Å². The summed E-state index contributed by atoms with van der Waals surface area (Å²) >= 11 is 0. The van der Waals surface area contributed by atoms with Gasteiger partial charge in [-0.05, 0) is 42.6 Å². The molecule has 0 amide bonds. The highest BCUT2D eigenvalue weighted by Crippen LogP contribution is 2.64. The zero-order valence-electron chi connectivity index (χ0n) is 13.5. The fraction of sp³-hybridized carbons (Fsp3) is 0.889. The number of allylic oxidation sites excluding steroid dienone is 1. The molecule has 1 heterocycles. The van der Waals surface area contributed by atoms with E-state index in [1.54, 1.807) is 5.70 Å². The molecule has 4 rings (SSSR count). The van der Waals surface area contributed by atoms with E-state index in [0.29, 0.717) is 6.04 Å². The van der Waals surface area contributed by atoms with E-state index in [1.165, 1.54) is 51.4 Å². The summed E-state index contributed by atoms with van der Waals surface area (Å²) in [5.41, 5.74) is 4.56. The van der Waals surface area contributed by atoms with Crippen LogP contribution in [0.15, 0.2) is 11.3 Å². The van der Waals surface area contributed by atoms with Gasteiger partial charge >= 0.3 is 0 Å². The van der Waals surface area contributed by atoms with Gasteiger partial charge in [-0.3, -0.25) is 0 Å². The van der Waals surface area contributed by atoms with Crippen molar-refractivity contribution in [1.29, 1.82) is 0 Å². The van der Waals surface area contributed by atoms with Gasteiger partial charge in [0.2, 0.25) is 0 Å². The summed E-state index contributed by atoms with van der Waals surface area (Å²) in [7, 11) is -1.11. The Morgan fingerprint density at radius 3 is 2.25 bits per heavy atom. The number of rotatable bonds is 1. The van der Waals surface area contributed by atoms with Crippen molar-refractivity contribution in [2.24, 2.45) is 17.8 Å². The van der Waals surface area contributed by atoms with Gasteiger partial charge in [-0.1, -0.05) is 57.3 Å². The van der Waals surface area contributed by atoms with E-state index in [4.69, 9.17) is 5.32 Å². The molecule has 0 saturated heterocycles. The Morgan fingerprint density at radius 2 is 1.50 bits per heavy atom. The van der Waals surface area contributed by atoms with E-state index < -0.39 is 8.07 Å². The van der Waals surface area contributed by atoms with Gasteiger partial charge in [-0.15, -0.1) is 6.04 Å². The van der Waals surface area contributed by atoms with Crippen LogP contribution in [0.4, 0.5) is 0 Å². The molecule has 1 nitrogen and oxygen atoms in total. The third kappa shape index (κ3) is 1.86. The molecule has 2 fully saturated rings. The Morgan fingerprint density at radius 1 is 0.850 bits per heavy atom. The summed E-state index contributed by atoms with van der Waals surface area (Å²) in [5, 5.41) is 5.32. The second-order valence-electron chi connectivity index (χ2n) is 8.83. The molecule has 0 bridgehead atoms. The number of hydrogen-bond donors (Lipinski definition) is 0. The second-order valence-corrected chi connectivity index (χ2v) is 14.2. The molecule has 0 aromatic heterocycles. The molecule has 0 aromatic carbocycles. The van der Waals surface area contributed by atoms with Crippen LogP contribution in [-0.4, -0.2) is 14.1 Å². The van der Waals surface area contributed by atoms with E-state index in [2.05, 4.69) is 19.6 Å².